The lowest BCUT2D eigenvalue weighted by Crippen LogP contribution is -2.39. The molecule has 1 N–H and O–H groups in total. The highest BCUT2D eigenvalue weighted by molar-refractivity contribution is 5.29. The second kappa shape index (κ2) is 5.94. The number of nitrogens with zero attached hydrogens (tertiary/aromatic N) is 4. The molecule has 1 aliphatic rings. The number of rotatable bonds is 4. The highest BCUT2D eigenvalue weighted by Gasteiger charge is 2.23. The predicted octanol–water partition coefficient (Wildman–Crippen LogP) is 0.140. The van der Waals surface area contributed by atoms with Crippen molar-refractivity contribution in [3.05, 3.63) is 46.1 Å². The number of methoxy groups -OCH3 is 1. The van der Waals surface area contributed by atoms with E-state index in [1.54, 1.807) is 18.7 Å². The van der Waals surface area contributed by atoms with Crippen molar-refractivity contribution in [2.24, 2.45) is 7.05 Å². The van der Waals surface area contributed by atoms with Gasteiger partial charge in [-0.15, -0.1) is 0 Å². The molecule has 0 saturated carbocycles. The first-order valence-corrected chi connectivity index (χ1v) is 7.25. The number of hydrogen-bond donors (Lipinski definition) is 1. The van der Waals surface area contributed by atoms with Crippen LogP contribution in [0.4, 0.5) is 0 Å². The average Bonchev–Trinajstić information content (AvgIpc) is 2.81. The van der Waals surface area contributed by atoms with Crippen molar-refractivity contribution in [2.75, 3.05) is 20.2 Å². The van der Waals surface area contributed by atoms with Crippen LogP contribution in [0.1, 0.15) is 17.5 Å². The number of aliphatic hydroxyl groups excluding tert-OH is 1. The third-order valence-electron chi connectivity index (χ3n) is 4.00. The van der Waals surface area contributed by atoms with Crippen LogP contribution < -0.4 is 10.4 Å². The summed E-state index contributed by atoms with van der Waals surface area (Å²) in [5, 5.41) is 14.6. The molecule has 1 aliphatic heterocycles. The first kappa shape index (κ1) is 14.8. The van der Waals surface area contributed by atoms with Crippen LogP contribution in [-0.4, -0.2) is 44.6 Å². The molecule has 0 amide bonds. The van der Waals surface area contributed by atoms with Gasteiger partial charge in [0.15, 0.2) is 0 Å². The summed E-state index contributed by atoms with van der Waals surface area (Å²) in [5.41, 5.74) is 0.742. The number of aliphatic hydroxyl groups is 1. The topological polar surface area (TPSA) is 72.5 Å². The van der Waals surface area contributed by atoms with Gasteiger partial charge in [-0.05, 0) is 17.7 Å². The van der Waals surface area contributed by atoms with Crippen molar-refractivity contribution in [3.8, 4) is 5.75 Å². The van der Waals surface area contributed by atoms with E-state index < -0.39 is 6.10 Å². The molecule has 0 aliphatic carbocycles. The predicted molar refractivity (Wildman–Crippen MR) is 80.7 cm³/mol. The van der Waals surface area contributed by atoms with Crippen LogP contribution >= 0.6 is 0 Å². The number of benzene rings is 1. The zero-order chi connectivity index (χ0) is 15.7. The summed E-state index contributed by atoms with van der Waals surface area (Å²) in [6, 6.07) is 7.44. The summed E-state index contributed by atoms with van der Waals surface area (Å²) < 4.78 is 8.23. The summed E-state index contributed by atoms with van der Waals surface area (Å²) in [6.45, 7) is 2.39. The van der Waals surface area contributed by atoms with Crippen LogP contribution in [0.5, 0.6) is 5.75 Å². The molecule has 0 fully saturated rings. The fourth-order valence-corrected chi connectivity index (χ4v) is 2.77. The lowest BCUT2D eigenvalue weighted by atomic mass is 10.1. The molecule has 7 nitrogen and oxygen atoms in total. The molecule has 2 heterocycles. The number of fused-ring (bicyclic) bond motifs is 1. The smallest absolute Gasteiger partial charge is 0.345 e. The highest BCUT2D eigenvalue weighted by atomic mass is 16.5. The van der Waals surface area contributed by atoms with E-state index in [1.165, 1.54) is 4.68 Å². The highest BCUT2D eigenvalue weighted by Crippen LogP contribution is 2.21. The molecule has 0 bridgehead atoms. The molecule has 0 radical (unpaired) electrons. The Morgan fingerprint density at radius 1 is 1.41 bits per heavy atom. The van der Waals surface area contributed by atoms with Crippen molar-refractivity contribution < 1.29 is 9.84 Å². The minimum atomic E-state index is -0.600. The Bertz CT molecular complexity index is 722. The van der Waals surface area contributed by atoms with Gasteiger partial charge in [0.1, 0.15) is 11.6 Å². The number of aryl methyl sites for hydroxylation is 1. The van der Waals surface area contributed by atoms with Crippen LogP contribution in [0.15, 0.2) is 29.1 Å². The number of hydrogen-bond acceptors (Lipinski definition) is 5. The lowest BCUT2D eigenvalue weighted by Gasteiger charge is -2.28. The maximum absolute atomic E-state index is 11.8. The third-order valence-corrected chi connectivity index (χ3v) is 4.00. The molecule has 1 aromatic heterocycles. The fourth-order valence-electron chi connectivity index (χ4n) is 2.77. The van der Waals surface area contributed by atoms with E-state index in [9.17, 15) is 9.90 Å². The van der Waals surface area contributed by atoms with Crippen LogP contribution in [0.2, 0.25) is 0 Å². The van der Waals surface area contributed by atoms with E-state index in [0.29, 0.717) is 19.6 Å². The van der Waals surface area contributed by atoms with E-state index in [4.69, 9.17) is 4.74 Å². The Labute approximate surface area is 128 Å². The largest absolute Gasteiger partial charge is 0.497 e. The van der Waals surface area contributed by atoms with Gasteiger partial charge in [-0.1, -0.05) is 12.1 Å². The fraction of sp³-hybridized carbons (Fsp3) is 0.467. The normalized spacial score (nSPS) is 16.3. The number of ether oxygens (including phenoxy) is 1. The van der Waals surface area contributed by atoms with Gasteiger partial charge in [0, 0.05) is 26.7 Å². The van der Waals surface area contributed by atoms with E-state index in [0.717, 1.165) is 23.7 Å². The summed E-state index contributed by atoms with van der Waals surface area (Å²) in [6.07, 6.45) is -0.600. The molecule has 1 aromatic carbocycles. The van der Waals surface area contributed by atoms with Crippen LogP contribution in [0.3, 0.4) is 0 Å². The zero-order valence-corrected chi connectivity index (χ0v) is 12.8. The minimum absolute atomic E-state index is 0.0806. The van der Waals surface area contributed by atoms with E-state index in [1.807, 2.05) is 24.3 Å². The van der Waals surface area contributed by atoms with Gasteiger partial charge in [0.25, 0.3) is 0 Å². The second-order valence-corrected chi connectivity index (χ2v) is 5.50. The number of aromatic nitrogens is 3. The molecule has 7 heteroatoms. The molecule has 0 spiro atoms. The Morgan fingerprint density at radius 2 is 2.23 bits per heavy atom. The van der Waals surface area contributed by atoms with Crippen molar-refractivity contribution in [2.45, 2.75) is 19.2 Å². The Balaban J connectivity index is 1.70. The Morgan fingerprint density at radius 3 is 3.00 bits per heavy atom. The molecule has 3 rings (SSSR count). The first-order valence-electron chi connectivity index (χ1n) is 7.25. The quantitative estimate of drug-likeness (QED) is 0.870. The van der Waals surface area contributed by atoms with Gasteiger partial charge in [0.2, 0.25) is 0 Å². The van der Waals surface area contributed by atoms with Crippen molar-refractivity contribution in [3.63, 3.8) is 0 Å². The molecular formula is C15H20N4O3. The average molecular weight is 304 g/mol. The molecule has 1 atom stereocenters. The van der Waals surface area contributed by atoms with E-state index in [-0.39, 0.29) is 5.69 Å². The Kier molecular flexibility index (Phi) is 4.00. The molecule has 118 valence electrons. The van der Waals surface area contributed by atoms with Crippen LogP contribution in [-0.2, 0) is 20.1 Å². The SMILES string of the molecule is COc1cccc(C(O)CN2CCn3c(nn(C)c3=O)C2)c1. The minimum Gasteiger partial charge on any atom is -0.497 e. The zero-order valence-electron chi connectivity index (χ0n) is 12.8. The third kappa shape index (κ3) is 2.77. The summed E-state index contributed by atoms with van der Waals surface area (Å²) in [7, 11) is 3.26. The monoisotopic (exact) mass is 304 g/mol. The van der Waals surface area contributed by atoms with Crippen molar-refractivity contribution in [1.82, 2.24) is 19.2 Å². The molecular weight excluding hydrogens is 284 g/mol. The van der Waals surface area contributed by atoms with Crippen LogP contribution in [0.25, 0.3) is 0 Å². The first-order chi connectivity index (χ1) is 10.6. The van der Waals surface area contributed by atoms with Crippen LogP contribution in [0, 0.1) is 0 Å². The molecule has 0 saturated heterocycles. The van der Waals surface area contributed by atoms with Gasteiger partial charge in [-0.2, -0.15) is 5.10 Å². The van der Waals surface area contributed by atoms with Crippen molar-refractivity contribution in [1.29, 1.82) is 0 Å². The summed E-state index contributed by atoms with van der Waals surface area (Å²) >= 11 is 0. The van der Waals surface area contributed by atoms with Gasteiger partial charge in [-0.3, -0.25) is 9.47 Å². The molecule has 22 heavy (non-hydrogen) atoms. The maximum Gasteiger partial charge on any atom is 0.345 e. The Hall–Kier alpha value is -2.12. The second-order valence-electron chi connectivity index (χ2n) is 5.50. The maximum atomic E-state index is 11.8. The van der Waals surface area contributed by atoms with Gasteiger partial charge >= 0.3 is 5.69 Å². The van der Waals surface area contributed by atoms with E-state index >= 15 is 0 Å². The molecule has 1 unspecified atom stereocenters. The standard InChI is InChI=1S/C15H20N4O3/c1-17-15(21)19-7-6-18(10-14(19)16-17)9-13(20)11-4-3-5-12(8-11)22-2/h3-5,8,13,20H,6-7,9-10H2,1-2H3. The van der Waals surface area contributed by atoms with Crippen molar-refractivity contribution >= 4 is 0 Å². The summed E-state index contributed by atoms with van der Waals surface area (Å²) in [4.78, 5) is 13.9. The van der Waals surface area contributed by atoms with Gasteiger partial charge in [0.05, 0.1) is 19.8 Å². The summed E-state index contributed by atoms with van der Waals surface area (Å²) in [5.74, 6) is 1.48. The van der Waals surface area contributed by atoms with E-state index in [2.05, 4.69) is 10.00 Å². The molecule has 2 aromatic rings. The lowest BCUT2D eigenvalue weighted by molar-refractivity contribution is 0.0957. The number of β-amino-alcohol motifs (C(OH)–C–C–N with tert-alkyl or cyclic N) is 1. The van der Waals surface area contributed by atoms with Gasteiger partial charge < -0.3 is 9.84 Å². The van der Waals surface area contributed by atoms with Gasteiger partial charge in [-0.25, -0.2) is 9.48 Å².